The van der Waals surface area contributed by atoms with Gasteiger partial charge in [-0.2, -0.15) is 0 Å². The largest absolute Gasteiger partial charge is 0.463 e. The van der Waals surface area contributed by atoms with E-state index in [2.05, 4.69) is 34.2 Å². The molecule has 2 rings (SSSR count). The number of halogens is 1. The van der Waals surface area contributed by atoms with E-state index in [4.69, 9.17) is 9.21 Å². The summed E-state index contributed by atoms with van der Waals surface area (Å²) < 4.78 is 6.33. The zero-order chi connectivity index (χ0) is 12.4. The van der Waals surface area contributed by atoms with E-state index >= 15 is 0 Å². The van der Waals surface area contributed by atoms with Gasteiger partial charge >= 0.3 is 0 Å². The third-order valence-electron chi connectivity index (χ3n) is 1.64. The standard InChI is InChI=1S/C9H7BrO.C2H4O.C2H6/c10-8-4-2-1-3-7-5-6-11-9(7)8;1-2-3;1-2/h1,3-6H,2H2;2H,1H3;1-2H3. The van der Waals surface area contributed by atoms with Crippen molar-refractivity contribution < 1.29 is 9.21 Å². The molecule has 0 atom stereocenters. The van der Waals surface area contributed by atoms with Gasteiger partial charge < -0.3 is 9.21 Å². The van der Waals surface area contributed by atoms with Crippen molar-refractivity contribution in [3.63, 3.8) is 0 Å². The predicted octanol–water partition coefficient (Wildman–Crippen LogP) is 4.66. The van der Waals surface area contributed by atoms with Crippen LogP contribution in [0.3, 0.4) is 0 Å². The van der Waals surface area contributed by atoms with Crippen LogP contribution < -0.4 is 0 Å². The second-order valence-electron chi connectivity index (χ2n) is 2.63. The van der Waals surface area contributed by atoms with Crippen LogP contribution in [0, 0.1) is 0 Å². The van der Waals surface area contributed by atoms with Crippen molar-refractivity contribution in [3.8, 4) is 0 Å². The normalized spacial score (nSPS) is 11.9. The molecule has 3 heteroatoms. The monoisotopic (exact) mass is 284 g/mol. The number of rotatable bonds is 0. The Labute approximate surface area is 105 Å². The first-order valence-electron chi connectivity index (χ1n) is 5.29. The second-order valence-corrected chi connectivity index (χ2v) is 3.49. The Bertz CT molecular complexity index is 362. The number of carbonyl (C=O) groups excluding carboxylic acids is 1. The van der Waals surface area contributed by atoms with E-state index in [0.717, 1.165) is 28.5 Å². The summed E-state index contributed by atoms with van der Waals surface area (Å²) in [5.41, 5.74) is 1.14. The number of aldehydes is 1. The Kier molecular flexibility index (Phi) is 8.53. The molecule has 0 saturated carbocycles. The van der Waals surface area contributed by atoms with Crippen LogP contribution in [0.4, 0.5) is 0 Å². The van der Waals surface area contributed by atoms with Crippen LogP contribution in [-0.4, -0.2) is 6.29 Å². The maximum absolute atomic E-state index is 8.81. The van der Waals surface area contributed by atoms with Crippen LogP contribution in [0.15, 0.2) is 28.9 Å². The first kappa shape index (κ1) is 14.9. The van der Waals surface area contributed by atoms with E-state index in [1.54, 1.807) is 6.26 Å². The van der Waals surface area contributed by atoms with Crippen molar-refractivity contribution in [3.05, 3.63) is 35.8 Å². The van der Waals surface area contributed by atoms with E-state index in [9.17, 15) is 0 Å². The summed E-state index contributed by atoms with van der Waals surface area (Å²) in [4.78, 5) is 8.81. The van der Waals surface area contributed by atoms with E-state index in [0.29, 0.717) is 0 Å². The van der Waals surface area contributed by atoms with E-state index in [1.807, 2.05) is 19.9 Å². The topological polar surface area (TPSA) is 30.2 Å². The highest BCUT2D eigenvalue weighted by molar-refractivity contribution is 9.15. The fourth-order valence-corrected chi connectivity index (χ4v) is 1.61. The van der Waals surface area contributed by atoms with Gasteiger partial charge in [-0.15, -0.1) is 0 Å². The molecule has 0 aliphatic heterocycles. The Morgan fingerprint density at radius 2 is 2.06 bits per heavy atom. The molecule has 1 aliphatic rings. The molecule has 0 fully saturated rings. The molecule has 1 heterocycles. The van der Waals surface area contributed by atoms with Gasteiger partial charge in [-0.25, -0.2) is 0 Å². The molecule has 0 radical (unpaired) electrons. The summed E-state index contributed by atoms with van der Waals surface area (Å²) >= 11 is 3.44. The summed E-state index contributed by atoms with van der Waals surface area (Å²) in [5.74, 6) is 0.929. The maximum Gasteiger partial charge on any atom is 0.147 e. The molecule has 1 aromatic rings. The van der Waals surface area contributed by atoms with Crippen molar-refractivity contribution in [2.75, 3.05) is 0 Å². The molecule has 0 saturated heterocycles. The summed E-state index contributed by atoms with van der Waals surface area (Å²) in [5, 5.41) is 0. The third-order valence-corrected chi connectivity index (χ3v) is 2.33. The Balaban J connectivity index is 0.000000394. The van der Waals surface area contributed by atoms with Gasteiger partial charge in [0.05, 0.1) is 10.7 Å². The van der Waals surface area contributed by atoms with Crippen LogP contribution in [-0.2, 0) is 4.79 Å². The number of allylic oxidation sites excluding steroid dienone is 2. The minimum Gasteiger partial charge on any atom is -0.463 e. The van der Waals surface area contributed by atoms with E-state index < -0.39 is 0 Å². The zero-order valence-corrected chi connectivity index (χ0v) is 11.5. The number of fused-ring (bicyclic) bond motifs is 1. The third kappa shape index (κ3) is 4.62. The zero-order valence-electron chi connectivity index (χ0n) is 9.87. The lowest BCUT2D eigenvalue weighted by Crippen LogP contribution is -1.72. The summed E-state index contributed by atoms with van der Waals surface area (Å²) in [6.45, 7) is 5.44. The van der Waals surface area contributed by atoms with Crippen LogP contribution >= 0.6 is 15.9 Å². The van der Waals surface area contributed by atoms with Crippen molar-refractivity contribution in [1.82, 2.24) is 0 Å². The molecule has 0 amide bonds. The summed E-state index contributed by atoms with van der Waals surface area (Å²) in [6.07, 6.45) is 9.69. The predicted molar refractivity (Wildman–Crippen MR) is 72.3 cm³/mol. The highest BCUT2D eigenvalue weighted by Crippen LogP contribution is 2.29. The van der Waals surface area contributed by atoms with Gasteiger partial charge in [-0.3, -0.25) is 0 Å². The SMILES string of the molecule is BrC1=CCC=Cc2ccoc21.CC.CC=O. The second kappa shape index (κ2) is 9.16. The van der Waals surface area contributed by atoms with Crippen molar-refractivity contribution in [2.45, 2.75) is 27.2 Å². The Morgan fingerprint density at radius 1 is 1.44 bits per heavy atom. The van der Waals surface area contributed by atoms with Gasteiger partial charge in [0.1, 0.15) is 12.0 Å². The van der Waals surface area contributed by atoms with Crippen LogP contribution in [0.1, 0.15) is 38.5 Å². The average Bonchev–Trinajstić information content (AvgIpc) is 2.70. The summed E-state index contributed by atoms with van der Waals surface area (Å²) in [6, 6.07) is 1.96. The quantitative estimate of drug-likeness (QED) is 0.649. The molecule has 0 unspecified atom stereocenters. The van der Waals surface area contributed by atoms with Gasteiger partial charge in [-0.1, -0.05) is 32.1 Å². The molecule has 88 valence electrons. The first-order chi connectivity index (χ1) is 7.79. The number of carbonyl (C=O) groups is 1. The minimum absolute atomic E-state index is 0.750. The smallest absolute Gasteiger partial charge is 0.147 e. The minimum atomic E-state index is 0.750. The lowest BCUT2D eigenvalue weighted by Gasteiger charge is -1.92. The molecule has 0 spiro atoms. The fraction of sp³-hybridized carbons (Fsp3) is 0.308. The lowest BCUT2D eigenvalue weighted by atomic mass is 10.2. The highest BCUT2D eigenvalue weighted by Gasteiger charge is 2.07. The van der Waals surface area contributed by atoms with Gasteiger partial charge in [0.2, 0.25) is 0 Å². The van der Waals surface area contributed by atoms with Gasteiger partial charge in [0, 0.05) is 5.56 Å². The highest BCUT2D eigenvalue weighted by atomic mass is 79.9. The molecular formula is C13H17BrO2. The number of hydrogen-bond donors (Lipinski definition) is 0. The number of furan rings is 1. The maximum atomic E-state index is 8.81. The van der Waals surface area contributed by atoms with Gasteiger partial charge in [-0.05, 0) is 35.3 Å². The molecule has 0 bridgehead atoms. The van der Waals surface area contributed by atoms with Crippen molar-refractivity contribution in [1.29, 1.82) is 0 Å². The van der Waals surface area contributed by atoms with Crippen molar-refractivity contribution >= 4 is 32.8 Å². The molecule has 2 nitrogen and oxygen atoms in total. The number of hydrogen-bond acceptors (Lipinski definition) is 2. The fourth-order valence-electron chi connectivity index (χ4n) is 1.10. The molecule has 1 aliphatic carbocycles. The van der Waals surface area contributed by atoms with Crippen LogP contribution in [0.2, 0.25) is 0 Å². The lowest BCUT2D eigenvalue weighted by molar-refractivity contribution is -0.106. The van der Waals surface area contributed by atoms with Crippen LogP contribution in [0.5, 0.6) is 0 Å². The summed E-state index contributed by atoms with van der Waals surface area (Å²) in [7, 11) is 0. The Hall–Kier alpha value is -1.09. The van der Waals surface area contributed by atoms with Crippen LogP contribution in [0.25, 0.3) is 10.6 Å². The van der Waals surface area contributed by atoms with Gasteiger partial charge in [0.25, 0.3) is 0 Å². The molecule has 16 heavy (non-hydrogen) atoms. The van der Waals surface area contributed by atoms with E-state index in [-0.39, 0.29) is 0 Å². The van der Waals surface area contributed by atoms with E-state index in [1.165, 1.54) is 6.92 Å². The van der Waals surface area contributed by atoms with Crippen molar-refractivity contribution in [2.24, 2.45) is 0 Å². The first-order valence-corrected chi connectivity index (χ1v) is 6.08. The molecular weight excluding hydrogens is 268 g/mol. The molecule has 1 aromatic heterocycles. The molecule has 0 N–H and O–H groups in total. The molecule has 0 aromatic carbocycles. The average molecular weight is 285 g/mol. The van der Waals surface area contributed by atoms with Gasteiger partial charge in [0.15, 0.2) is 0 Å². The Morgan fingerprint density at radius 3 is 2.69 bits per heavy atom.